The topological polar surface area (TPSA) is 54.0 Å². The van der Waals surface area contributed by atoms with E-state index in [1.807, 2.05) is 6.92 Å². The minimum Gasteiger partial charge on any atom is -0.370 e. The monoisotopic (exact) mass is 293 g/mol. The van der Waals surface area contributed by atoms with Crippen LogP contribution in [-0.2, 0) is 0 Å². The quantitative estimate of drug-likeness (QED) is 0.896. The Labute approximate surface area is 125 Å². The molecule has 2 N–H and O–H groups in total. The number of carbonyl (C=O) groups excluding carboxylic acids is 1. The molecular formula is C16H24FN3O. The van der Waals surface area contributed by atoms with Crippen molar-refractivity contribution in [3.8, 4) is 0 Å². The average Bonchev–Trinajstić information content (AvgIpc) is 2.39. The van der Waals surface area contributed by atoms with Gasteiger partial charge in [0, 0.05) is 12.6 Å². The van der Waals surface area contributed by atoms with Crippen LogP contribution in [0.5, 0.6) is 0 Å². The third-order valence-electron chi connectivity index (χ3n) is 3.96. The van der Waals surface area contributed by atoms with Crippen molar-refractivity contribution in [2.24, 2.45) is 11.8 Å². The molecule has 2 unspecified atom stereocenters. The molecule has 0 bridgehead atoms. The van der Waals surface area contributed by atoms with Crippen molar-refractivity contribution in [3.05, 3.63) is 23.6 Å². The number of aromatic nitrogens is 1. The van der Waals surface area contributed by atoms with Crippen molar-refractivity contribution >= 4 is 11.7 Å². The summed E-state index contributed by atoms with van der Waals surface area (Å²) in [7, 11) is 0. The molecule has 0 saturated heterocycles. The molecule has 5 heteroatoms. The summed E-state index contributed by atoms with van der Waals surface area (Å²) in [6.45, 7) is 6.97. The maximum Gasteiger partial charge on any atom is 0.255 e. The van der Waals surface area contributed by atoms with Crippen LogP contribution in [0.2, 0.25) is 0 Å². The summed E-state index contributed by atoms with van der Waals surface area (Å²) >= 11 is 0. The summed E-state index contributed by atoms with van der Waals surface area (Å²) in [4.78, 5) is 16.4. The predicted octanol–water partition coefficient (Wildman–Crippen LogP) is 3.21. The van der Waals surface area contributed by atoms with Crippen LogP contribution in [0.4, 0.5) is 10.2 Å². The van der Waals surface area contributed by atoms with E-state index in [1.54, 1.807) is 0 Å². The zero-order valence-electron chi connectivity index (χ0n) is 12.9. The van der Waals surface area contributed by atoms with Crippen molar-refractivity contribution in [2.75, 3.05) is 11.9 Å². The van der Waals surface area contributed by atoms with Crippen molar-refractivity contribution in [3.63, 3.8) is 0 Å². The van der Waals surface area contributed by atoms with E-state index in [4.69, 9.17) is 0 Å². The summed E-state index contributed by atoms with van der Waals surface area (Å²) in [6, 6.07) is 1.41. The first-order chi connectivity index (χ1) is 9.99. The van der Waals surface area contributed by atoms with Crippen LogP contribution in [0.1, 0.15) is 50.4 Å². The van der Waals surface area contributed by atoms with Gasteiger partial charge in [-0.15, -0.1) is 0 Å². The van der Waals surface area contributed by atoms with Crippen LogP contribution in [0.3, 0.4) is 0 Å². The molecule has 1 aliphatic rings. The number of nitrogens with zero attached hydrogens (tertiary/aromatic N) is 1. The van der Waals surface area contributed by atoms with Crippen LogP contribution in [0.25, 0.3) is 0 Å². The molecule has 1 aromatic heterocycles. The van der Waals surface area contributed by atoms with Gasteiger partial charge >= 0.3 is 0 Å². The van der Waals surface area contributed by atoms with Crippen molar-refractivity contribution in [1.29, 1.82) is 0 Å². The van der Waals surface area contributed by atoms with Crippen LogP contribution in [0, 0.1) is 17.7 Å². The minimum absolute atomic E-state index is 0.161. The van der Waals surface area contributed by atoms with E-state index in [1.165, 1.54) is 12.5 Å². The van der Waals surface area contributed by atoms with Crippen LogP contribution < -0.4 is 10.6 Å². The lowest BCUT2D eigenvalue weighted by molar-refractivity contribution is 0.0911. The average molecular weight is 293 g/mol. The smallest absolute Gasteiger partial charge is 0.255 e. The number of hydrogen-bond donors (Lipinski definition) is 2. The molecule has 116 valence electrons. The number of nitrogens with one attached hydrogen (secondary N) is 2. The normalized spacial score (nSPS) is 25.4. The third kappa shape index (κ3) is 4.16. The molecule has 21 heavy (non-hydrogen) atoms. The number of halogens is 1. The SMILES string of the molecule is CCNc1ncc(F)cc1C(=O)NC1CC(C)CC(C)C1. The Morgan fingerprint density at radius 2 is 2.00 bits per heavy atom. The molecule has 1 aromatic rings. The van der Waals surface area contributed by atoms with Gasteiger partial charge < -0.3 is 10.6 Å². The summed E-state index contributed by atoms with van der Waals surface area (Å²) in [5, 5.41) is 6.04. The Morgan fingerprint density at radius 1 is 1.33 bits per heavy atom. The van der Waals surface area contributed by atoms with E-state index in [0.29, 0.717) is 24.2 Å². The van der Waals surface area contributed by atoms with Gasteiger partial charge in [0.2, 0.25) is 0 Å². The molecule has 1 fully saturated rings. The van der Waals surface area contributed by atoms with Crippen LogP contribution >= 0.6 is 0 Å². The van der Waals surface area contributed by atoms with Gasteiger partial charge in [0.05, 0.1) is 11.8 Å². The maximum absolute atomic E-state index is 13.4. The van der Waals surface area contributed by atoms with E-state index >= 15 is 0 Å². The fraction of sp³-hybridized carbons (Fsp3) is 0.625. The molecule has 2 rings (SSSR count). The summed E-state index contributed by atoms with van der Waals surface area (Å²) < 4.78 is 13.4. The van der Waals surface area contributed by atoms with E-state index in [2.05, 4.69) is 29.5 Å². The van der Waals surface area contributed by atoms with Gasteiger partial charge in [-0.2, -0.15) is 0 Å². The second-order valence-corrected chi connectivity index (χ2v) is 6.17. The van der Waals surface area contributed by atoms with Gasteiger partial charge in [0.1, 0.15) is 11.6 Å². The first-order valence-electron chi connectivity index (χ1n) is 7.69. The van der Waals surface area contributed by atoms with Crippen molar-refractivity contribution in [2.45, 2.75) is 46.1 Å². The van der Waals surface area contributed by atoms with Crippen LogP contribution in [0.15, 0.2) is 12.3 Å². The Hall–Kier alpha value is -1.65. The van der Waals surface area contributed by atoms with E-state index in [0.717, 1.165) is 19.0 Å². The second kappa shape index (κ2) is 6.87. The highest BCUT2D eigenvalue weighted by Crippen LogP contribution is 2.28. The van der Waals surface area contributed by atoms with Crippen molar-refractivity contribution < 1.29 is 9.18 Å². The lowest BCUT2D eigenvalue weighted by Gasteiger charge is -2.32. The van der Waals surface area contributed by atoms with E-state index in [-0.39, 0.29) is 17.5 Å². The third-order valence-corrected chi connectivity index (χ3v) is 3.96. The molecular weight excluding hydrogens is 269 g/mol. The molecule has 1 aliphatic carbocycles. The molecule has 0 spiro atoms. The first-order valence-corrected chi connectivity index (χ1v) is 7.69. The molecule has 1 heterocycles. The Morgan fingerprint density at radius 3 is 2.62 bits per heavy atom. The highest BCUT2D eigenvalue weighted by atomic mass is 19.1. The highest BCUT2D eigenvalue weighted by Gasteiger charge is 2.26. The second-order valence-electron chi connectivity index (χ2n) is 6.17. The molecule has 0 aliphatic heterocycles. The van der Waals surface area contributed by atoms with Crippen molar-refractivity contribution in [1.82, 2.24) is 10.3 Å². The Kier molecular flexibility index (Phi) is 5.15. The fourth-order valence-corrected chi connectivity index (χ4v) is 3.25. The highest BCUT2D eigenvalue weighted by molar-refractivity contribution is 5.98. The number of rotatable bonds is 4. The fourth-order valence-electron chi connectivity index (χ4n) is 3.25. The van der Waals surface area contributed by atoms with Gasteiger partial charge in [-0.3, -0.25) is 4.79 Å². The molecule has 1 amide bonds. The van der Waals surface area contributed by atoms with E-state index in [9.17, 15) is 9.18 Å². The van der Waals surface area contributed by atoms with Gasteiger partial charge in [-0.05, 0) is 44.1 Å². The van der Waals surface area contributed by atoms with Gasteiger partial charge in [0.25, 0.3) is 5.91 Å². The lowest BCUT2D eigenvalue weighted by Crippen LogP contribution is -2.40. The molecule has 2 atom stereocenters. The zero-order valence-corrected chi connectivity index (χ0v) is 12.9. The standard InChI is InChI=1S/C16H24FN3O/c1-4-18-15-14(8-12(17)9-19-15)16(21)20-13-6-10(2)5-11(3)7-13/h8-11,13H,4-7H2,1-3H3,(H,18,19)(H,20,21). The lowest BCUT2D eigenvalue weighted by atomic mass is 9.80. The predicted molar refractivity (Wildman–Crippen MR) is 81.8 cm³/mol. The summed E-state index contributed by atoms with van der Waals surface area (Å²) in [6.07, 6.45) is 4.29. The van der Waals surface area contributed by atoms with Gasteiger partial charge in [0.15, 0.2) is 0 Å². The number of pyridine rings is 1. The Balaban J connectivity index is 2.10. The van der Waals surface area contributed by atoms with Crippen LogP contribution in [-0.4, -0.2) is 23.5 Å². The molecule has 0 aromatic carbocycles. The number of hydrogen-bond acceptors (Lipinski definition) is 3. The molecule has 0 radical (unpaired) electrons. The van der Waals surface area contributed by atoms with Gasteiger partial charge in [-0.25, -0.2) is 9.37 Å². The Bertz CT molecular complexity index is 496. The molecule has 4 nitrogen and oxygen atoms in total. The zero-order chi connectivity index (χ0) is 15.4. The largest absolute Gasteiger partial charge is 0.370 e. The van der Waals surface area contributed by atoms with E-state index < -0.39 is 5.82 Å². The number of amides is 1. The minimum atomic E-state index is -0.493. The number of carbonyl (C=O) groups is 1. The first kappa shape index (κ1) is 15.7. The molecule has 1 saturated carbocycles. The van der Waals surface area contributed by atoms with Gasteiger partial charge in [-0.1, -0.05) is 13.8 Å². The summed E-state index contributed by atoms with van der Waals surface area (Å²) in [5.41, 5.74) is 0.280. The maximum atomic E-state index is 13.4. The number of anilines is 1. The summed E-state index contributed by atoms with van der Waals surface area (Å²) in [5.74, 6) is 0.917.